The molecule has 0 saturated carbocycles. The van der Waals surface area contributed by atoms with Crippen LogP contribution >= 0.6 is 0 Å². The van der Waals surface area contributed by atoms with Crippen molar-refractivity contribution in [3.05, 3.63) is 81.4 Å². The zero-order valence-corrected chi connectivity index (χ0v) is 17.9. The molecule has 0 radical (unpaired) electrons. The molecule has 0 aliphatic carbocycles. The molecule has 2 N–H and O–H groups in total. The molecule has 0 unspecified atom stereocenters. The first kappa shape index (κ1) is 20.3. The Morgan fingerprint density at radius 1 is 0.968 bits per heavy atom. The van der Waals surface area contributed by atoms with Crippen molar-refractivity contribution in [2.24, 2.45) is 0 Å². The van der Waals surface area contributed by atoms with Gasteiger partial charge in [-0.15, -0.1) is 5.10 Å². The van der Waals surface area contributed by atoms with E-state index >= 15 is 0 Å². The van der Waals surface area contributed by atoms with Gasteiger partial charge in [0.15, 0.2) is 5.65 Å². The molecular formula is C23H24N6O2. The number of benzene rings is 2. The average Bonchev–Trinajstić information content (AvgIpc) is 3.01. The van der Waals surface area contributed by atoms with E-state index < -0.39 is 5.69 Å². The van der Waals surface area contributed by atoms with Gasteiger partial charge in [0.05, 0.1) is 0 Å². The fraction of sp³-hybridized carbons (Fsp3) is 0.217. The summed E-state index contributed by atoms with van der Waals surface area (Å²) in [5.41, 5.74) is 5.42. The van der Waals surface area contributed by atoms with Gasteiger partial charge in [-0.1, -0.05) is 35.4 Å². The second kappa shape index (κ2) is 8.06. The van der Waals surface area contributed by atoms with Crippen LogP contribution in [-0.4, -0.2) is 25.1 Å². The number of amides is 1. The number of rotatable bonds is 5. The van der Waals surface area contributed by atoms with Crippen molar-refractivity contribution in [1.82, 2.24) is 19.2 Å². The normalized spacial score (nSPS) is 11.0. The van der Waals surface area contributed by atoms with Crippen LogP contribution in [0.15, 0.2) is 53.3 Å². The van der Waals surface area contributed by atoms with Crippen molar-refractivity contribution in [2.45, 2.75) is 34.2 Å². The number of nitrogens with zero attached hydrogens (tertiary/aromatic N) is 4. The number of aromatic nitrogens is 4. The SMILES string of the molecule is Cc1ccc(Nc2nc(C)cc3nn(CC(=O)Nc4ccc(C)cc4C)c(=O)n23)cc1. The predicted octanol–water partition coefficient (Wildman–Crippen LogP) is 3.51. The van der Waals surface area contributed by atoms with Crippen molar-refractivity contribution in [3.8, 4) is 0 Å². The lowest BCUT2D eigenvalue weighted by Gasteiger charge is -2.09. The van der Waals surface area contributed by atoms with Crippen LogP contribution in [0, 0.1) is 27.7 Å². The monoisotopic (exact) mass is 416 g/mol. The maximum Gasteiger partial charge on any atom is 0.353 e. The summed E-state index contributed by atoms with van der Waals surface area (Å²) in [7, 11) is 0. The molecule has 2 aromatic carbocycles. The van der Waals surface area contributed by atoms with Crippen LogP contribution in [-0.2, 0) is 11.3 Å². The Hall–Kier alpha value is -3.94. The standard InChI is InChI=1S/C23H24N6O2/c1-14-5-8-18(9-6-14)25-22-24-17(4)12-20-27-28(23(31)29(20)22)13-21(30)26-19-10-7-15(2)11-16(19)3/h5-12H,13H2,1-4H3,(H,24,25)(H,26,30). The fourth-order valence-corrected chi connectivity index (χ4v) is 3.39. The third kappa shape index (κ3) is 4.32. The van der Waals surface area contributed by atoms with Gasteiger partial charge in [0.25, 0.3) is 0 Å². The summed E-state index contributed by atoms with van der Waals surface area (Å²) in [4.78, 5) is 30.0. The summed E-state index contributed by atoms with van der Waals surface area (Å²) in [6.07, 6.45) is 0. The van der Waals surface area contributed by atoms with E-state index in [1.165, 1.54) is 4.40 Å². The topological polar surface area (TPSA) is 93.3 Å². The number of carbonyl (C=O) groups excluding carboxylic acids is 1. The van der Waals surface area contributed by atoms with Crippen molar-refractivity contribution in [1.29, 1.82) is 0 Å². The van der Waals surface area contributed by atoms with Gasteiger partial charge in [0, 0.05) is 23.1 Å². The van der Waals surface area contributed by atoms with Gasteiger partial charge in [0.1, 0.15) is 6.54 Å². The van der Waals surface area contributed by atoms with Crippen LogP contribution in [0.4, 0.5) is 17.3 Å². The summed E-state index contributed by atoms with van der Waals surface area (Å²) in [6, 6.07) is 15.3. The molecule has 2 heterocycles. The van der Waals surface area contributed by atoms with Crippen molar-refractivity contribution < 1.29 is 4.79 Å². The third-order valence-electron chi connectivity index (χ3n) is 4.95. The van der Waals surface area contributed by atoms with E-state index in [0.29, 0.717) is 23.0 Å². The number of hydrogen-bond donors (Lipinski definition) is 2. The van der Waals surface area contributed by atoms with Crippen LogP contribution in [0.5, 0.6) is 0 Å². The van der Waals surface area contributed by atoms with Crippen molar-refractivity contribution in [2.75, 3.05) is 10.6 Å². The van der Waals surface area contributed by atoms with Gasteiger partial charge in [0.2, 0.25) is 11.9 Å². The fourth-order valence-electron chi connectivity index (χ4n) is 3.39. The van der Waals surface area contributed by atoms with Crippen LogP contribution in [0.25, 0.3) is 5.65 Å². The molecule has 4 aromatic rings. The van der Waals surface area contributed by atoms with Gasteiger partial charge in [-0.25, -0.2) is 18.9 Å². The summed E-state index contributed by atoms with van der Waals surface area (Å²) >= 11 is 0. The lowest BCUT2D eigenvalue weighted by Crippen LogP contribution is -2.29. The van der Waals surface area contributed by atoms with E-state index in [1.54, 1.807) is 6.07 Å². The predicted molar refractivity (Wildman–Crippen MR) is 121 cm³/mol. The number of nitrogens with one attached hydrogen (secondary N) is 2. The number of fused-ring (bicyclic) bond motifs is 1. The minimum atomic E-state index is -0.437. The van der Waals surface area contributed by atoms with Gasteiger partial charge >= 0.3 is 5.69 Å². The molecule has 2 aromatic heterocycles. The highest BCUT2D eigenvalue weighted by Gasteiger charge is 2.16. The molecule has 4 rings (SSSR count). The molecule has 31 heavy (non-hydrogen) atoms. The maximum atomic E-state index is 13.0. The van der Waals surface area contributed by atoms with E-state index in [-0.39, 0.29) is 12.5 Å². The Morgan fingerprint density at radius 3 is 2.39 bits per heavy atom. The highest BCUT2D eigenvalue weighted by molar-refractivity contribution is 5.91. The second-order valence-corrected chi connectivity index (χ2v) is 7.71. The summed E-state index contributed by atoms with van der Waals surface area (Å²) in [6.45, 7) is 7.56. The summed E-state index contributed by atoms with van der Waals surface area (Å²) in [5.74, 6) is 0.0278. The van der Waals surface area contributed by atoms with Crippen molar-refractivity contribution >= 4 is 28.9 Å². The Labute approximate surface area is 179 Å². The molecular weight excluding hydrogens is 392 g/mol. The maximum absolute atomic E-state index is 13.0. The Bertz CT molecular complexity index is 1330. The minimum absolute atomic E-state index is 0.198. The number of anilines is 3. The molecule has 8 heteroatoms. The van der Waals surface area contributed by atoms with Gasteiger partial charge < -0.3 is 10.6 Å². The first-order valence-corrected chi connectivity index (χ1v) is 9.98. The first-order valence-electron chi connectivity index (χ1n) is 9.98. The number of carbonyl (C=O) groups is 1. The lowest BCUT2D eigenvalue weighted by atomic mass is 10.1. The summed E-state index contributed by atoms with van der Waals surface area (Å²) in [5, 5.41) is 10.4. The zero-order chi connectivity index (χ0) is 22.1. The molecule has 158 valence electrons. The molecule has 0 aliphatic heterocycles. The van der Waals surface area contributed by atoms with E-state index in [0.717, 1.165) is 27.1 Å². The van der Waals surface area contributed by atoms with Crippen LogP contribution in [0.2, 0.25) is 0 Å². The van der Waals surface area contributed by atoms with E-state index in [1.807, 2.05) is 70.2 Å². The highest BCUT2D eigenvalue weighted by atomic mass is 16.2. The second-order valence-electron chi connectivity index (χ2n) is 7.71. The van der Waals surface area contributed by atoms with Crippen LogP contribution in [0.3, 0.4) is 0 Å². The average molecular weight is 416 g/mol. The highest BCUT2D eigenvalue weighted by Crippen LogP contribution is 2.17. The molecule has 0 fully saturated rings. The molecule has 0 atom stereocenters. The largest absolute Gasteiger partial charge is 0.353 e. The minimum Gasteiger partial charge on any atom is -0.325 e. The number of aryl methyl sites for hydroxylation is 4. The van der Waals surface area contributed by atoms with Crippen molar-refractivity contribution in [3.63, 3.8) is 0 Å². The summed E-state index contributed by atoms with van der Waals surface area (Å²) < 4.78 is 2.52. The third-order valence-corrected chi connectivity index (χ3v) is 4.95. The zero-order valence-electron chi connectivity index (χ0n) is 17.9. The molecule has 8 nitrogen and oxygen atoms in total. The Morgan fingerprint density at radius 2 is 1.68 bits per heavy atom. The van der Waals surface area contributed by atoms with E-state index in [9.17, 15) is 9.59 Å². The molecule has 0 spiro atoms. The molecule has 0 bridgehead atoms. The first-order chi connectivity index (χ1) is 14.8. The molecule has 1 amide bonds. The number of hydrogen-bond acceptors (Lipinski definition) is 5. The lowest BCUT2D eigenvalue weighted by molar-refractivity contribution is -0.117. The smallest absolute Gasteiger partial charge is 0.325 e. The van der Waals surface area contributed by atoms with Crippen LogP contribution < -0.4 is 16.3 Å². The molecule has 0 aliphatic rings. The Kier molecular flexibility index (Phi) is 5.29. The molecule has 0 saturated heterocycles. The van der Waals surface area contributed by atoms with Gasteiger partial charge in [-0.3, -0.25) is 4.79 Å². The van der Waals surface area contributed by atoms with Gasteiger partial charge in [-0.05, 0) is 51.5 Å². The van der Waals surface area contributed by atoms with Gasteiger partial charge in [-0.2, -0.15) is 0 Å². The van der Waals surface area contributed by atoms with Crippen LogP contribution in [0.1, 0.15) is 22.4 Å². The quantitative estimate of drug-likeness (QED) is 0.519. The van der Waals surface area contributed by atoms with E-state index in [2.05, 4.69) is 20.7 Å². The Balaban J connectivity index is 1.63. The van der Waals surface area contributed by atoms with E-state index in [4.69, 9.17) is 0 Å².